The third kappa shape index (κ3) is 14.1. The first-order chi connectivity index (χ1) is 26.1. The molecule has 1 heterocycles. The van der Waals surface area contributed by atoms with Crippen LogP contribution in [0.2, 0.25) is 0 Å². The van der Waals surface area contributed by atoms with E-state index >= 15 is 0 Å². The maximum atomic E-state index is 13.5. The summed E-state index contributed by atoms with van der Waals surface area (Å²) < 4.78 is 23.8. The lowest BCUT2D eigenvalue weighted by Crippen LogP contribution is -2.60. The van der Waals surface area contributed by atoms with E-state index in [2.05, 4.69) is 31.9 Å². The molecule has 2 rings (SSSR count). The maximum absolute atomic E-state index is 13.5. The number of nitrogens with one attached hydrogen (secondary N) is 6. The number of hydrogen-bond acceptors (Lipinski definition) is 10. The van der Waals surface area contributed by atoms with Crippen molar-refractivity contribution in [3.8, 4) is 0 Å². The molecule has 1 aromatic carbocycles. The molecule has 0 bridgehead atoms. The third-order valence-electron chi connectivity index (χ3n) is 8.91. The van der Waals surface area contributed by atoms with E-state index in [9.17, 15) is 33.2 Å². The summed E-state index contributed by atoms with van der Waals surface area (Å²) in [6.07, 6.45) is -0.0115. The molecule has 4 atom stereocenters. The lowest BCUT2D eigenvalue weighted by Gasteiger charge is -2.29. The van der Waals surface area contributed by atoms with Crippen molar-refractivity contribution in [2.45, 2.75) is 112 Å². The zero-order chi connectivity index (χ0) is 42.5. The van der Waals surface area contributed by atoms with Crippen molar-refractivity contribution in [2.24, 2.45) is 17.8 Å². The molecule has 6 N–H and O–H groups in total. The number of ether oxygens (including phenoxy) is 2. The van der Waals surface area contributed by atoms with Crippen LogP contribution in [-0.4, -0.2) is 86.2 Å². The molecule has 0 radical (unpaired) electrons. The molecule has 2 aromatic rings. The van der Waals surface area contributed by atoms with E-state index in [0.29, 0.717) is 22.0 Å². The molecule has 0 aliphatic carbocycles. The Bertz CT molecular complexity index is 1670. The van der Waals surface area contributed by atoms with Gasteiger partial charge in [0.1, 0.15) is 34.5 Å². The van der Waals surface area contributed by atoms with E-state index in [4.69, 9.17) is 9.47 Å². The molecule has 0 spiro atoms. The molecule has 0 saturated heterocycles. The van der Waals surface area contributed by atoms with Gasteiger partial charge in [-0.15, -0.1) is 11.3 Å². The number of rotatable bonds is 19. The minimum Gasteiger partial charge on any atom is -0.465 e. The van der Waals surface area contributed by atoms with Gasteiger partial charge in [-0.3, -0.25) is 19.2 Å². The molecule has 5 amide bonds. The van der Waals surface area contributed by atoms with Gasteiger partial charge in [0.05, 0.1) is 17.6 Å². The van der Waals surface area contributed by atoms with Gasteiger partial charge in [-0.05, 0) is 75.1 Å². The average Bonchev–Trinajstić information content (AvgIpc) is 3.44. The van der Waals surface area contributed by atoms with Crippen molar-refractivity contribution in [1.29, 1.82) is 0 Å². The van der Waals surface area contributed by atoms with E-state index < -0.39 is 59.4 Å². The summed E-state index contributed by atoms with van der Waals surface area (Å²) in [7, 11) is 1.26. The fraction of sp³-hybridized carbons (Fsp3) is 0.600. The topological polar surface area (TPSA) is 193 Å². The van der Waals surface area contributed by atoms with E-state index in [1.54, 1.807) is 81.4 Å². The molecule has 0 fully saturated rings. The molecule has 56 heavy (non-hydrogen) atoms. The van der Waals surface area contributed by atoms with Crippen LogP contribution in [0, 0.1) is 30.5 Å². The van der Waals surface area contributed by atoms with E-state index in [-0.39, 0.29) is 48.1 Å². The van der Waals surface area contributed by atoms with Crippen LogP contribution in [0.5, 0.6) is 0 Å². The number of esters is 1. The number of alkyl carbamates (subject to hydrolysis) is 1. The van der Waals surface area contributed by atoms with Gasteiger partial charge >= 0.3 is 12.1 Å². The zero-order valence-electron chi connectivity index (χ0n) is 34.7. The van der Waals surface area contributed by atoms with Gasteiger partial charge in [0.15, 0.2) is 0 Å². The SMILES string of the molecule is CCC(CNc1sc(C(=O)NCCNC(=O)[C@@H](NC(=O)[C@@H](NC(=O)[C@@H](NC(=O)OC(C)(C)C)C(C)C)C(C)C)C(C)C)c(C)c1C(=O)OC)c1ccc(F)cc1. The lowest BCUT2D eigenvalue weighted by atomic mass is 9.96. The Labute approximate surface area is 334 Å². The summed E-state index contributed by atoms with van der Waals surface area (Å²) in [5, 5.41) is 17.4. The minimum absolute atomic E-state index is 0.0178. The van der Waals surface area contributed by atoms with E-state index in [0.717, 1.165) is 23.3 Å². The van der Waals surface area contributed by atoms with Gasteiger partial charge in [0, 0.05) is 25.6 Å². The number of methoxy groups -OCH3 is 1. The molecule has 1 unspecified atom stereocenters. The summed E-state index contributed by atoms with van der Waals surface area (Å²) in [5.74, 6) is -4.00. The Balaban J connectivity index is 2.06. The van der Waals surface area contributed by atoms with Crippen LogP contribution in [0.3, 0.4) is 0 Å². The number of halogens is 1. The number of anilines is 1. The number of thiophene rings is 1. The third-order valence-corrected chi connectivity index (χ3v) is 10.2. The quantitative estimate of drug-likeness (QED) is 0.0812. The maximum Gasteiger partial charge on any atom is 0.408 e. The highest BCUT2D eigenvalue weighted by atomic mass is 32.1. The number of carbonyl (C=O) groups excluding carboxylic acids is 6. The van der Waals surface area contributed by atoms with Crippen molar-refractivity contribution >= 4 is 52.0 Å². The van der Waals surface area contributed by atoms with Crippen LogP contribution < -0.4 is 31.9 Å². The predicted molar refractivity (Wildman–Crippen MR) is 215 cm³/mol. The first-order valence-corrected chi connectivity index (χ1v) is 19.8. The summed E-state index contributed by atoms with van der Waals surface area (Å²) in [4.78, 5) is 78.9. The van der Waals surface area contributed by atoms with Crippen molar-refractivity contribution < 1.29 is 42.6 Å². The standard InChI is InChI=1S/C40H61FN6O8S/c1-13-25(26-14-16-27(41)17-15-26)20-44-37-28(38(52)54-12)24(8)32(56-37)36(51)43-19-18-42-33(48)29(21(2)3)45-34(49)30(22(4)5)46-35(50)31(23(6)7)47-39(53)55-40(9,10)11/h14-17,21-23,25,29-31,44H,13,18-20H2,1-12H3,(H,42,48)(H,43,51)(H,45,49)(H,46,50)(H,47,53)/t25?,29-,30-,31-/m0/s1. The van der Waals surface area contributed by atoms with Gasteiger partial charge in [-0.1, -0.05) is 60.6 Å². The second-order valence-electron chi connectivity index (χ2n) is 15.7. The highest BCUT2D eigenvalue weighted by molar-refractivity contribution is 7.18. The average molecular weight is 805 g/mol. The fourth-order valence-electron chi connectivity index (χ4n) is 5.73. The summed E-state index contributed by atoms with van der Waals surface area (Å²) in [6.45, 7) is 19.8. The normalized spacial score (nSPS) is 13.6. The van der Waals surface area contributed by atoms with Crippen LogP contribution >= 0.6 is 11.3 Å². The lowest BCUT2D eigenvalue weighted by molar-refractivity contribution is -0.134. The summed E-state index contributed by atoms with van der Waals surface area (Å²) in [6, 6.07) is 3.29. The zero-order valence-corrected chi connectivity index (χ0v) is 35.5. The predicted octanol–water partition coefficient (Wildman–Crippen LogP) is 5.26. The number of hydrogen-bond donors (Lipinski definition) is 6. The van der Waals surface area contributed by atoms with Crippen LogP contribution in [0.1, 0.15) is 113 Å². The second-order valence-corrected chi connectivity index (χ2v) is 16.7. The van der Waals surface area contributed by atoms with Crippen molar-refractivity contribution in [2.75, 3.05) is 32.1 Å². The fourth-order valence-corrected chi connectivity index (χ4v) is 6.85. The molecule has 14 nitrogen and oxygen atoms in total. The highest BCUT2D eigenvalue weighted by Gasteiger charge is 2.34. The minimum atomic E-state index is -1.02. The molecule has 0 saturated carbocycles. The van der Waals surface area contributed by atoms with Crippen molar-refractivity contribution in [3.63, 3.8) is 0 Å². The van der Waals surface area contributed by atoms with E-state index in [1.807, 2.05) is 6.92 Å². The van der Waals surface area contributed by atoms with Crippen molar-refractivity contribution in [3.05, 3.63) is 51.7 Å². The smallest absolute Gasteiger partial charge is 0.408 e. The Morgan fingerprint density at radius 3 is 1.75 bits per heavy atom. The molecule has 0 aliphatic heterocycles. The first kappa shape index (κ1) is 47.4. The molecule has 0 aliphatic rings. The molecule has 312 valence electrons. The van der Waals surface area contributed by atoms with Gasteiger partial charge in [-0.2, -0.15) is 0 Å². The van der Waals surface area contributed by atoms with Gasteiger partial charge < -0.3 is 41.4 Å². The van der Waals surface area contributed by atoms with Crippen LogP contribution in [0.25, 0.3) is 0 Å². The van der Waals surface area contributed by atoms with Gasteiger partial charge in [0.25, 0.3) is 5.91 Å². The molecule has 16 heteroatoms. The van der Waals surface area contributed by atoms with Crippen LogP contribution in [-0.2, 0) is 23.9 Å². The van der Waals surface area contributed by atoms with Crippen LogP contribution in [0.15, 0.2) is 24.3 Å². The largest absolute Gasteiger partial charge is 0.465 e. The number of amides is 5. The van der Waals surface area contributed by atoms with Crippen molar-refractivity contribution in [1.82, 2.24) is 26.6 Å². The molecular formula is C40H61FN6O8S. The summed E-state index contributed by atoms with van der Waals surface area (Å²) >= 11 is 1.11. The first-order valence-electron chi connectivity index (χ1n) is 19.0. The monoisotopic (exact) mass is 804 g/mol. The van der Waals surface area contributed by atoms with Gasteiger partial charge in [-0.25, -0.2) is 14.0 Å². The summed E-state index contributed by atoms with van der Waals surface area (Å²) in [5.41, 5.74) is 0.851. The highest BCUT2D eigenvalue weighted by Crippen LogP contribution is 2.34. The molecular weight excluding hydrogens is 744 g/mol. The molecule has 1 aromatic heterocycles. The van der Waals surface area contributed by atoms with Gasteiger partial charge in [0.2, 0.25) is 17.7 Å². The Morgan fingerprint density at radius 1 is 0.768 bits per heavy atom. The Hall–Kier alpha value is -4.73. The van der Waals surface area contributed by atoms with E-state index in [1.165, 1.54) is 19.2 Å². The second kappa shape index (κ2) is 21.5. The Kier molecular flexibility index (Phi) is 18.2. The number of benzene rings is 1. The Morgan fingerprint density at radius 2 is 1.27 bits per heavy atom. The number of carbonyl (C=O) groups is 6. The van der Waals surface area contributed by atoms with Crippen LogP contribution in [0.4, 0.5) is 14.2 Å².